The van der Waals surface area contributed by atoms with E-state index in [2.05, 4.69) is 26.2 Å². The molecule has 0 saturated carbocycles. The monoisotopic (exact) mass is 256 g/mol. The quantitative estimate of drug-likeness (QED) is 0.846. The van der Waals surface area contributed by atoms with Crippen LogP contribution in [0.3, 0.4) is 0 Å². The van der Waals surface area contributed by atoms with Crippen molar-refractivity contribution >= 4 is 27.5 Å². The Morgan fingerprint density at radius 3 is 2.86 bits per heavy atom. The van der Waals surface area contributed by atoms with E-state index in [0.29, 0.717) is 6.42 Å². The maximum atomic E-state index is 11.3. The molecule has 1 heterocycles. The summed E-state index contributed by atoms with van der Waals surface area (Å²) < 4.78 is 0.781. The highest BCUT2D eigenvalue weighted by Crippen LogP contribution is 2.16. The minimum absolute atomic E-state index is 0.0414. The lowest BCUT2D eigenvalue weighted by molar-refractivity contribution is -0.116. The molecule has 0 aliphatic carbocycles. The summed E-state index contributed by atoms with van der Waals surface area (Å²) in [6.45, 7) is 3.85. The van der Waals surface area contributed by atoms with Gasteiger partial charge in [-0.25, -0.2) is 4.98 Å². The zero-order chi connectivity index (χ0) is 10.6. The van der Waals surface area contributed by atoms with Gasteiger partial charge in [0.15, 0.2) is 0 Å². The smallest absolute Gasteiger partial charge is 0.224 e. The summed E-state index contributed by atoms with van der Waals surface area (Å²) in [6, 6.07) is 3.66. The van der Waals surface area contributed by atoms with E-state index < -0.39 is 0 Å². The number of rotatable bonds is 3. The molecule has 14 heavy (non-hydrogen) atoms. The minimum atomic E-state index is 0.0414. The van der Waals surface area contributed by atoms with Gasteiger partial charge in [-0.1, -0.05) is 6.92 Å². The molecule has 76 valence electrons. The Kier molecular flexibility index (Phi) is 4.07. The highest BCUT2D eigenvalue weighted by Gasteiger charge is 2.04. The van der Waals surface area contributed by atoms with Crippen LogP contribution in [0.2, 0.25) is 0 Å². The Labute approximate surface area is 92.1 Å². The number of nitrogens with one attached hydrogen (secondary N) is 1. The molecule has 3 nitrogen and oxygen atoms in total. The molecule has 0 aliphatic heterocycles. The third kappa shape index (κ3) is 3.10. The van der Waals surface area contributed by atoms with Crippen molar-refractivity contribution in [3.63, 3.8) is 0 Å². The van der Waals surface area contributed by atoms with Crippen molar-refractivity contribution in [1.82, 2.24) is 4.98 Å². The predicted molar refractivity (Wildman–Crippen MR) is 60.2 cm³/mol. The maximum Gasteiger partial charge on any atom is 0.224 e. The second-order valence-corrected chi connectivity index (χ2v) is 3.88. The molecule has 1 aromatic rings. The molecule has 0 unspecified atom stereocenters. The molecule has 1 aromatic heterocycles. The summed E-state index contributed by atoms with van der Waals surface area (Å²) in [4.78, 5) is 15.5. The van der Waals surface area contributed by atoms with Crippen LogP contribution in [0.4, 0.5) is 5.69 Å². The van der Waals surface area contributed by atoms with Gasteiger partial charge in [-0.15, -0.1) is 0 Å². The highest BCUT2D eigenvalue weighted by atomic mass is 79.9. The highest BCUT2D eigenvalue weighted by molar-refractivity contribution is 9.10. The Morgan fingerprint density at radius 1 is 1.57 bits per heavy atom. The van der Waals surface area contributed by atoms with Gasteiger partial charge < -0.3 is 5.32 Å². The lowest BCUT2D eigenvalue weighted by Gasteiger charge is -2.06. The van der Waals surface area contributed by atoms with E-state index in [9.17, 15) is 4.79 Å². The van der Waals surface area contributed by atoms with Gasteiger partial charge in [0.1, 0.15) is 4.60 Å². The van der Waals surface area contributed by atoms with Gasteiger partial charge >= 0.3 is 0 Å². The average molecular weight is 257 g/mol. The summed E-state index contributed by atoms with van der Waals surface area (Å²) in [5, 5.41) is 2.82. The van der Waals surface area contributed by atoms with Crippen molar-refractivity contribution in [2.24, 2.45) is 0 Å². The van der Waals surface area contributed by atoms with E-state index >= 15 is 0 Å². The number of hydrogen-bond donors (Lipinski definition) is 1. The normalized spacial score (nSPS) is 9.93. The van der Waals surface area contributed by atoms with Crippen LogP contribution >= 0.6 is 15.9 Å². The largest absolute Gasteiger partial charge is 0.325 e. The van der Waals surface area contributed by atoms with E-state index in [-0.39, 0.29) is 5.91 Å². The molecule has 0 spiro atoms. The third-order valence-corrected chi connectivity index (χ3v) is 2.24. The van der Waals surface area contributed by atoms with Crippen LogP contribution in [0.5, 0.6) is 0 Å². The van der Waals surface area contributed by atoms with Gasteiger partial charge in [0, 0.05) is 6.42 Å². The van der Waals surface area contributed by atoms with Crippen molar-refractivity contribution in [2.45, 2.75) is 26.7 Å². The number of hydrogen-bond acceptors (Lipinski definition) is 2. The molecule has 1 amide bonds. The van der Waals surface area contributed by atoms with Gasteiger partial charge in [-0.05, 0) is 41.4 Å². The first-order valence-corrected chi connectivity index (χ1v) is 5.35. The average Bonchev–Trinajstić information content (AvgIpc) is 2.10. The van der Waals surface area contributed by atoms with E-state index in [1.807, 2.05) is 26.0 Å². The molecule has 1 N–H and O–H groups in total. The summed E-state index contributed by atoms with van der Waals surface area (Å²) in [5.74, 6) is 0.0414. The molecular weight excluding hydrogens is 244 g/mol. The summed E-state index contributed by atoms with van der Waals surface area (Å²) >= 11 is 3.27. The molecule has 0 fully saturated rings. The Bertz CT molecular complexity index is 339. The summed E-state index contributed by atoms with van der Waals surface area (Å²) in [7, 11) is 0. The molecular formula is C10H13BrN2O. The standard InChI is InChI=1S/C10H13BrN2O/c1-3-4-10(14)13-8-5-6-9(11)12-7(8)2/h5-6H,3-4H2,1-2H3,(H,13,14). The molecule has 1 rings (SSSR count). The predicted octanol–water partition coefficient (Wildman–Crippen LogP) is 2.89. The molecule has 0 radical (unpaired) electrons. The fourth-order valence-corrected chi connectivity index (χ4v) is 1.50. The molecule has 4 heteroatoms. The zero-order valence-corrected chi connectivity index (χ0v) is 9.89. The number of nitrogens with zero attached hydrogens (tertiary/aromatic N) is 1. The Morgan fingerprint density at radius 2 is 2.29 bits per heavy atom. The second-order valence-electron chi connectivity index (χ2n) is 3.07. The van der Waals surface area contributed by atoms with Crippen molar-refractivity contribution in [1.29, 1.82) is 0 Å². The van der Waals surface area contributed by atoms with Crippen molar-refractivity contribution < 1.29 is 4.79 Å². The van der Waals surface area contributed by atoms with Crippen molar-refractivity contribution in [3.8, 4) is 0 Å². The maximum absolute atomic E-state index is 11.3. The number of halogens is 1. The molecule has 0 aromatic carbocycles. The first-order chi connectivity index (χ1) is 6.63. The van der Waals surface area contributed by atoms with Gasteiger partial charge in [0.25, 0.3) is 0 Å². The van der Waals surface area contributed by atoms with Crippen LogP contribution in [-0.2, 0) is 4.79 Å². The first-order valence-electron chi connectivity index (χ1n) is 4.56. The SMILES string of the molecule is CCCC(=O)Nc1ccc(Br)nc1C. The number of anilines is 1. The fraction of sp³-hybridized carbons (Fsp3) is 0.400. The van der Waals surface area contributed by atoms with Gasteiger partial charge in [0.05, 0.1) is 11.4 Å². The van der Waals surface area contributed by atoms with Crippen LogP contribution in [0.25, 0.3) is 0 Å². The van der Waals surface area contributed by atoms with E-state index in [4.69, 9.17) is 0 Å². The lowest BCUT2D eigenvalue weighted by atomic mass is 10.3. The molecule has 0 saturated heterocycles. The number of carbonyl (C=O) groups is 1. The number of aryl methyl sites for hydroxylation is 1. The third-order valence-electron chi connectivity index (χ3n) is 1.80. The van der Waals surface area contributed by atoms with Crippen molar-refractivity contribution in [3.05, 3.63) is 22.4 Å². The summed E-state index contributed by atoms with van der Waals surface area (Å²) in [6.07, 6.45) is 1.41. The van der Waals surface area contributed by atoms with Gasteiger partial charge in [-0.2, -0.15) is 0 Å². The molecule has 0 aliphatic rings. The molecule has 0 atom stereocenters. The Balaban J connectivity index is 2.72. The number of aromatic nitrogens is 1. The number of pyridine rings is 1. The van der Waals surface area contributed by atoms with Crippen molar-refractivity contribution in [2.75, 3.05) is 5.32 Å². The Hall–Kier alpha value is -0.900. The van der Waals surface area contributed by atoms with Gasteiger partial charge in [0.2, 0.25) is 5.91 Å². The zero-order valence-electron chi connectivity index (χ0n) is 8.30. The molecule has 0 bridgehead atoms. The van der Waals surface area contributed by atoms with Crippen LogP contribution < -0.4 is 5.32 Å². The summed E-state index contributed by atoms with van der Waals surface area (Å²) in [5.41, 5.74) is 1.61. The first kappa shape index (κ1) is 11.2. The van der Waals surface area contributed by atoms with Crippen LogP contribution in [0.15, 0.2) is 16.7 Å². The van der Waals surface area contributed by atoms with E-state index in [1.54, 1.807) is 0 Å². The van der Waals surface area contributed by atoms with E-state index in [1.165, 1.54) is 0 Å². The van der Waals surface area contributed by atoms with Crippen LogP contribution in [0, 0.1) is 6.92 Å². The van der Waals surface area contributed by atoms with Crippen LogP contribution in [0.1, 0.15) is 25.5 Å². The topological polar surface area (TPSA) is 42.0 Å². The number of amides is 1. The lowest BCUT2D eigenvalue weighted by Crippen LogP contribution is -2.11. The second kappa shape index (κ2) is 5.10. The number of carbonyl (C=O) groups excluding carboxylic acids is 1. The van der Waals surface area contributed by atoms with Crippen LogP contribution in [-0.4, -0.2) is 10.9 Å². The van der Waals surface area contributed by atoms with E-state index in [0.717, 1.165) is 22.4 Å². The minimum Gasteiger partial charge on any atom is -0.325 e. The fourth-order valence-electron chi connectivity index (χ4n) is 1.10. The van der Waals surface area contributed by atoms with Gasteiger partial charge in [-0.3, -0.25) is 4.79 Å².